The third kappa shape index (κ3) is 4.30. The van der Waals surface area contributed by atoms with E-state index < -0.39 is 10.0 Å². The zero-order valence-corrected chi connectivity index (χ0v) is 14.1. The van der Waals surface area contributed by atoms with Gasteiger partial charge in [0, 0.05) is 31.7 Å². The van der Waals surface area contributed by atoms with Gasteiger partial charge in [-0.3, -0.25) is 4.79 Å². The lowest BCUT2D eigenvalue weighted by Gasteiger charge is -2.22. The lowest BCUT2D eigenvalue weighted by molar-refractivity contribution is 0.0764. The molecule has 0 atom stereocenters. The topological polar surface area (TPSA) is 81.5 Å². The third-order valence-corrected chi connectivity index (χ3v) is 5.91. The highest BCUT2D eigenvalue weighted by molar-refractivity contribution is 7.89. The van der Waals surface area contributed by atoms with Crippen molar-refractivity contribution in [2.24, 2.45) is 0 Å². The monoisotopic (exact) mass is 335 g/mol. The number of nitriles is 1. The molecule has 1 aromatic rings. The van der Waals surface area contributed by atoms with E-state index in [4.69, 9.17) is 5.26 Å². The number of carbonyl (C=O) groups is 1. The summed E-state index contributed by atoms with van der Waals surface area (Å²) in [5.41, 5.74) is 0.909. The molecule has 7 heteroatoms. The number of hydrogen-bond donors (Lipinski definition) is 0. The highest BCUT2D eigenvalue weighted by Gasteiger charge is 2.26. The fourth-order valence-corrected chi connectivity index (χ4v) is 4.21. The Morgan fingerprint density at radius 1 is 1.26 bits per heavy atom. The number of sulfonamides is 1. The van der Waals surface area contributed by atoms with Gasteiger partial charge in [0.15, 0.2) is 0 Å². The van der Waals surface area contributed by atoms with Crippen molar-refractivity contribution in [1.29, 1.82) is 5.26 Å². The molecule has 0 saturated carbocycles. The van der Waals surface area contributed by atoms with Crippen LogP contribution in [0.5, 0.6) is 0 Å². The summed E-state index contributed by atoms with van der Waals surface area (Å²) in [4.78, 5) is 14.2. The van der Waals surface area contributed by atoms with Gasteiger partial charge >= 0.3 is 0 Å². The molecule has 6 nitrogen and oxygen atoms in total. The van der Waals surface area contributed by atoms with Crippen LogP contribution in [0.15, 0.2) is 24.3 Å². The summed E-state index contributed by atoms with van der Waals surface area (Å²) in [6.07, 6.45) is 1.20. The molecule has 1 amide bonds. The Morgan fingerprint density at radius 2 is 2.04 bits per heavy atom. The van der Waals surface area contributed by atoms with Crippen molar-refractivity contribution in [3.63, 3.8) is 0 Å². The third-order valence-electron chi connectivity index (χ3n) is 3.84. The van der Waals surface area contributed by atoms with Crippen molar-refractivity contribution >= 4 is 15.9 Å². The van der Waals surface area contributed by atoms with Gasteiger partial charge in [-0.25, -0.2) is 12.7 Å². The second-order valence-corrected chi connectivity index (χ2v) is 7.64. The number of amides is 1. The molecular formula is C16H21N3O3S. The van der Waals surface area contributed by atoms with E-state index >= 15 is 0 Å². The van der Waals surface area contributed by atoms with Crippen LogP contribution >= 0.6 is 0 Å². The summed E-state index contributed by atoms with van der Waals surface area (Å²) in [6.45, 7) is 3.51. The maximum atomic E-state index is 12.6. The van der Waals surface area contributed by atoms with Crippen LogP contribution < -0.4 is 0 Å². The molecular weight excluding hydrogens is 314 g/mol. The highest BCUT2D eigenvalue weighted by Crippen LogP contribution is 2.13. The quantitative estimate of drug-likeness (QED) is 0.834. The molecule has 1 fully saturated rings. The van der Waals surface area contributed by atoms with E-state index in [-0.39, 0.29) is 11.7 Å². The smallest absolute Gasteiger partial charge is 0.253 e. The molecule has 1 heterocycles. The molecule has 1 aliphatic rings. The fraction of sp³-hybridized carbons (Fsp3) is 0.500. The van der Waals surface area contributed by atoms with Crippen molar-refractivity contribution in [2.45, 2.75) is 19.8 Å². The molecule has 124 valence electrons. The lowest BCUT2D eigenvalue weighted by atomic mass is 10.1. The lowest BCUT2D eigenvalue weighted by Crippen LogP contribution is -2.38. The average Bonchev–Trinajstić information content (AvgIpc) is 2.81. The van der Waals surface area contributed by atoms with E-state index in [0.29, 0.717) is 50.1 Å². The van der Waals surface area contributed by atoms with Gasteiger partial charge in [-0.05, 0) is 31.0 Å². The zero-order chi connectivity index (χ0) is 16.9. The molecule has 2 rings (SSSR count). The number of nitrogens with zero attached hydrogens (tertiary/aromatic N) is 3. The summed E-state index contributed by atoms with van der Waals surface area (Å²) in [7, 11) is -3.23. The Kier molecular flexibility index (Phi) is 5.74. The first kappa shape index (κ1) is 17.4. The minimum absolute atomic E-state index is 0.144. The Balaban J connectivity index is 2.08. The van der Waals surface area contributed by atoms with Gasteiger partial charge in [0.2, 0.25) is 10.0 Å². The van der Waals surface area contributed by atoms with Gasteiger partial charge in [-0.1, -0.05) is 13.0 Å². The molecule has 0 N–H and O–H groups in total. The van der Waals surface area contributed by atoms with Crippen LogP contribution in [0.4, 0.5) is 0 Å². The maximum absolute atomic E-state index is 12.6. The van der Waals surface area contributed by atoms with E-state index in [1.165, 1.54) is 4.31 Å². The fourth-order valence-electron chi connectivity index (χ4n) is 2.67. The van der Waals surface area contributed by atoms with Crippen molar-refractivity contribution in [1.82, 2.24) is 9.21 Å². The summed E-state index contributed by atoms with van der Waals surface area (Å²) < 4.78 is 25.8. The van der Waals surface area contributed by atoms with Gasteiger partial charge in [-0.15, -0.1) is 0 Å². The zero-order valence-electron chi connectivity index (χ0n) is 13.2. The number of rotatable bonds is 4. The van der Waals surface area contributed by atoms with Crippen LogP contribution in [0.25, 0.3) is 0 Å². The summed E-state index contributed by atoms with van der Waals surface area (Å²) in [5, 5.41) is 8.93. The summed E-state index contributed by atoms with van der Waals surface area (Å²) >= 11 is 0. The van der Waals surface area contributed by atoms with Crippen LogP contribution in [0.2, 0.25) is 0 Å². The molecule has 1 aromatic carbocycles. The van der Waals surface area contributed by atoms with Crippen LogP contribution in [0, 0.1) is 11.3 Å². The number of hydrogen-bond acceptors (Lipinski definition) is 4. The Labute approximate surface area is 137 Å². The van der Waals surface area contributed by atoms with Crippen molar-refractivity contribution in [2.75, 3.05) is 31.9 Å². The molecule has 1 aliphatic heterocycles. The molecule has 0 aromatic heterocycles. The van der Waals surface area contributed by atoms with E-state index in [9.17, 15) is 13.2 Å². The minimum atomic E-state index is -3.23. The molecule has 23 heavy (non-hydrogen) atoms. The predicted molar refractivity (Wildman–Crippen MR) is 87.3 cm³/mol. The van der Waals surface area contributed by atoms with Crippen LogP contribution in [0.1, 0.15) is 35.7 Å². The van der Waals surface area contributed by atoms with Gasteiger partial charge < -0.3 is 4.90 Å². The van der Waals surface area contributed by atoms with E-state index in [2.05, 4.69) is 0 Å². The first-order valence-corrected chi connectivity index (χ1v) is 9.36. The standard InChI is InChI=1S/C16H21N3O3S/c1-2-11-23(21,22)19-8-4-7-18(9-10-19)16(20)15-6-3-5-14(12-15)13-17/h3,5-6,12H,2,4,7-11H2,1H3. The molecule has 0 spiro atoms. The first-order valence-electron chi connectivity index (χ1n) is 7.75. The molecule has 0 radical (unpaired) electrons. The first-order chi connectivity index (χ1) is 11.0. The molecule has 0 unspecified atom stereocenters. The van der Waals surface area contributed by atoms with Crippen LogP contribution in [-0.2, 0) is 10.0 Å². The van der Waals surface area contributed by atoms with Crippen molar-refractivity contribution < 1.29 is 13.2 Å². The van der Waals surface area contributed by atoms with Gasteiger partial charge in [0.1, 0.15) is 0 Å². The van der Waals surface area contributed by atoms with E-state index in [1.54, 1.807) is 29.2 Å². The molecule has 0 aliphatic carbocycles. The van der Waals surface area contributed by atoms with Crippen molar-refractivity contribution in [3.8, 4) is 6.07 Å². The van der Waals surface area contributed by atoms with Gasteiger partial charge in [0.25, 0.3) is 5.91 Å². The summed E-state index contributed by atoms with van der Waals surface area (Å²) in [5.74, 6) is -0.0117. The number of benzene rings is 1. The second-order valence-electron chi connectivity index (χ2n) is 5.55. The largest absolute Gasteiger partial charge is 0.337 e. The van der Waals surface area contributed by atoms with E-state index in [0.717, 1.165) is 0 Å². The SMILES string of the molecule is CCCS(=O)(=O)N1CCCN(C(=O)c2cccc(C#N)c2)CC1. The Bertz CT molecular complexity index is 710. The second kappa shape index (κ2) is 7.57. The highest BCUT2D eigenvalue weighted by atomic mass is 32.2. The summed E-state index contributed by atoms with van der Waals surface area (Å²) in [6, 6.07) is 8.60. The number of carbonyl (C=O) groups excluding carboxylic acids is 1. The normalized spacial score (nSPS) is 16.6. The maximum Gasteiger partial charge on any atom is 0.253 e. The predicted octanol–water partition coefficient (Wildman–Crippen LogP) is 1.45. The molecule has 0 bridgehead atoms. The van der Waals surface area contributed by atoms with Gasteiger partial charge in [0.05, 0.1) is 17.4 Å². The molecule has 1 saturated heterocycles. The van der Waals surface area contributed by atoms with Gasteiger partial charge in [-0.2, -0.15) is 5.26 Å². The van der Waals surface area contributed by atoms with E-state index in [1.807, 2.05) is 13.0 Å². The average molecular weight is 335 g/mol. The Morgan fingerprint density at radius 3 is 2.74 bits per heavy atom. The van der Waals surface area contributed by atoms with Crippen molar-refractivity contribution in [3.05, 3.63) is 35.4 Å². The Hall–Kier alpha value is -1.91. The van der Waals surface area contributed by atoms with Crippen LogP contribution in [0.3, 0.4) is 0 Å². The van der Waals surface area contributed by atoms with Crippen LogP contribution in [-0.4, -0.2) is 55.5 Å². The minimum Gasteiger partial charge on any atom is -0.337 e.